The highest BCUT2D eigenvalue weighted by Gasteiger charge is 2.29. The molecule has 1 aliphatic carbocycles. The van der Waals surface area contributed by atoms with Crippen LogP contribution in [0.3, 0.4) is 0 Å². The van der Waals surface area contributed by atoms with E-state index in [0.717, 1.165) is 38.2 Å². The lowest BCUT2D eigenvalue weighted by Gasteiger charge is -2.21. The quantitative estimate of drug-likeness (QED) is 0.617. The molecule has 0 amide bonds. The number of carbonyl (C=O) groups is 2. The van der Waals surface area contributed by atoms with E-state index >= 15 is 0 Å². The van der Waals surface area contributed by atoms with E-state index in [2.05, 4.69) is 31.0 Å². The maximum Gasteiger partial charge on any atom is 0.194 e. The molecule has 0 spiro atoms. The molecular weight excluding hydrogens is 336 g/mol. The molecule has 3 rings (SSSR count). The first-order valence-electron chi connectivity index (χ1n) is 9.84. The largest absolute Gasteiger partial charge is 0.310 e. The zero-order chi connectivity index (χ0) is 19.4. The van der Waals surface area contributed by atoms with E-state index in [1.807, 2.05) is 12.1 Å². The number of hydrogen-bond donors (Lipinski definition) is 1. The Kier molecular flexibility index (Phi) is 6.19. The molecule has 1 atom stereocenters. The molecule has 0 fully saturated rings. The highest BCUT2D eigenvalue weighted by atomic mass is 16.1. The highest BCUT2D eigenvalue weighted by molar-refractivity contribution is 6.28. The van der Waals surface area contributed by atoms with Gasteiger partial charge in [0.1, 0.15) is 0 Å². The van der Waals surface area contributed by atoms with Crippen LogP contribution in [0, 0.1) is 0 Å². The maximum absolute atomic E-state index is 12.9. The molecule has 0 aromatic heterocycles. The summed E-state index contributed by atoms with van der Waals surface area (Å²) < 4.78 is 0. The van der Waals surface area contributed by atoms with Gasteiger partial charge in [0.15, 0.2) is 11.6 Å². The second-order valence-electron chi connectivity index (χ2n) is 7.07. The van der Waals surface area contributed by atoms with Crippen LogP contribution in [0.1, 0.15) is 70.6 Å². The Morgan fingerprint density at radius 1 is 0.889 bits per heavy atom. The predicted octanol–water partition coefficient (Wildman–Crippen LogP) is 3.84. The molecule has 27 heavy (non-hydrogen) atoms. The smallest absolute Gasteiger partial charge is 0.194 e. The van der Waals surface area contributed by atoms with Crippen molar-refractivity contribution in [3.8, 4) is 0 Å². The zero-order valence-electron chi connectivity index (χ0n) is 16.4. The summed E-state index contributed by atoms with van der Waals surface area (Å²) in [5.74, 6) is -0.123. The number of benzene rings is 2. The van der Waals surface area contributed by atoms with Crippen molar-refractivity contribution in [2.75, 3.05) is 26.2 Å². The van der Waals surface area contributed by atoms with Gasteiger partial charge in [-0.15, -0.1) is 0 Å². The molecule has 4 nitrogen and oxygen atoms in total. The molecular formula is C23H28N2O2. The van der Waals surface area contributed by atoms with Gasteiger partial charge in [-0.25, -0.2) is 0 Å². The van der Waals surface area contributed by atoms with E-state index in [1.54, 1.807) is 30.3 Å². The number of ketones is 2. The van der Waals surface area contributed by atoms with Crippen LogP contribution >= 0.6 is 0 Å². The van der Waals surface area contributed by atoms with Gasteiger partial charge in [-0.05, 0) is 57.2 Å². The van der Waals surface area contributed by atoms with Crippen LogP contribution in [0.4, 0.5) is 0 Å². The fourth-order valence-corrected chi connectivity index (χ4v) is 3.67. The number of carbonyl (C=O) groups excluding carboxylic acids is 2. The summed E-state index contributed by atoms with van der Waals surface area (Å²) in [6, 6.07) is 12.8. The van der Waals surface area contributed by atoms with E-state index < -0.39 is 0 Å². The molecule has 0 radical (unpaired) electrons. The Bertz CT molecular complexity index is 840. The van der Waals surface area contributed by atoms with Crippen molar-refractivity contribution in [1.29, 1.82) is 0 Å². The summed E-state index contributed by atoms with van der Waals surface area (Å²) in [5, 5.41) is 3.53. The molecule has 4 heteroatoms. The average Bonchev–Trinajstić information content (AvgIpc) is 2.71. The molecule has 1 aliphatic rings. The van der Waals surface area contributed by atoms with Crippen molar-refractivity contribution in [2.24, 2.45) is 0 Å². The fraction of sp³-hybridized carbons (Fsp3) is 0.391. The number of rotatable bonds is 8. The Hall–Kier alpha value is -2.30. The summed E-state index contributed by atoms with van der Waals surface area (Å²) >= 11 is 0. The van der Waals surface area contributed by atoms with E-state index in [0.29, 0.717) is 22.3 Å². The number of nitrogens with zero attached hydrogens (tertiary/aromatic N) is 1. The fourth-order valence-electron chi connectivity index (χ4n) is 3.67. The number of nitrogens with one attached hydrogen (secondary N) is 1. The molecule has 0 bridgehead atoms. The predicted molar refractivity (Wildman–Crippen MR) is 109 cm³/mol. The first-order valence-corrected chi connectivity index (χ1v) is 9.84. The van der Waals surface area contributed by atoms with Gasteiger partial charge in [0, 0.05) is 28.3 Å². The number of hydrogen-bond acceptors (Lipinski definition) is 4. The lowest BCUT2D eigenvalue weighted by atomic mass is 9.83. The Balaban J connectivity index is 1.70. The minimum atomic E-state index is -0.0633. The van der Waals surface area contributed by atoms with Crippen molar-refractivity contribution in [3.63, 3.8) is 0 Å². The minimum Gasteiger partial charge on any atom is -0.310 e. The van der Waals surface area contributed by atoms with Gasteiger partial charge >= 0.3 is 0 Å². The van der Waals surface area contributed by atoms with Gasteiger partial charge < -0.3 is 10.2 Å². The Morgan fingerprint density at radius 3 is 2.11 bits per heavy atom. The van der Waals surface area contributed by atoms with Crippen LogP contribution < -0.4 is 5.32 Å². The van der Waals surface area contributed by atoms with Crippen LogP contribution in [0.25, 0.3) is 0 Å². The van der Waals surface area contributed by atoms with Crippen LogP contribution in [0.5, 0.6) is 0 Å². The molecule has 1 N–H and O–H groups in total. The first kappa shape index (κ1) is 19.5. The van der Waals surface area contributed by atoms with Gasteiger partial charge in [0.25, 0.3) is 0 Å². The van der Waals surface area contributed by atoms with Crippen molar-refractivity contribution in [1.82, 2.24) is 10.2 Å². The van der Waals surface area contributed by atoms with Crippen LogP contribution in [-0.4, -0.2) is 42.6 Å². The average molecular weight is 364 g/mol. The molecule has 2 aromatic carbocycles. The lowest BCUT2D eigenvalue weighted by molar-refractivity contribution is 0.0979. The second-order valence-corrected chi connectivity index (χ2v) is 7.07. The SMILES string of the molecule is CCN(CC)CCCNC(C)c1ccc2c(c1)C(=O)c1ccccc1C2=O. The standard InChI is InChI=1S/C23H28N2O2/c1-4-25(5-2)14-8-13-24-16(3)17-11-12-20-21(15-17)23(27)19-10-7-6-9-18(19)22(20)26/h6-7,9-12,15-16,24H,4-5,8,13-14H2,1-3H3. The van der Waals surface area contributed by atoms with Crippen LogP contribution in [0.2, 0.25) is 0 Å². The van der Waals surface area contributed by atoms with E-state index in [-0.39, 0.29) is 17.6 Å². The van der Waals surface area contributed by atoms with E-state index in [4.69, 9.17) is 0 Å². The second kappa shape index (κ2) is 8.59. The molecule has 0 heterocycles. The first-order chi connectivity index (χ1) is 13.1. The van der Waals surface area contributed by atoms with E-state index in [1.165, 1.54) is 0 Å². The highest BCUT2D eigenvalue weighted by Crippen LogP contribution is 2.29. The zero-order valence-corrected chi connectivity index (χ0v) is 16.4. The molecule has 142 valence electrons. The lowest BCUT2D eigenvalue weighted by Crippen LogP contribution is -2.28. The molecule has 0 aliphatic heterocycles. The maximum atomic E-state index is 12.9. The summed E-state index contributed by atoms with van der Waals surface area (Å²) in [6.07, 6.45) is 1.09. The van der Waals surface area contributed by atoms with Gasteiger partial charge in [-0.1, -0.05) is 44.2 Å². The third-order valence-corrected chi connectivity index (χ3v) is 5.45. The van der Waals surface area contributed by atoms with Crippen molar-refractivity contribution in [2.45, 2.75) is 33.2 Å². The van der Waals surface area contributed by atoms with Crippen molar-refractivity contribution >= 4 is 11.6 Å². The summed E-state index contributed by atoms with van der Waals surface area (Å²) in [6.45, 7) is 10.6. The van der Waals surface area contributed by atoms with Crippen molar-refractivity contribution in [3.05, 3.63) is 70.3 Å². The molecule has 0 saturated carbocycles. The molecule has 2 aromatic rings. The third kappa shape index (κ3) is 4.02. The summed E-state index contributed by atoms with van der Waals surface area (Å²) in [5.41, 5.74) is 3.08. The van der Waals surface area contributed by atoms with Gasteiger partial charge in [-0.3, -0.25) is 9.59 Å². The van der Waals surface area contributed by atoms with Gasteiger partial charge in [0.2, 0.25) is 0 Å². The van der Waals surface area contributed by atoms with Crippen molar-refractivity contribution < 1.29 is 9.59 Å². The molecule has 1 unspecified atom stereocenters. The van der Waals surface area contributed by atoms with Gasteiger partial charge in [-0.2, -0.15) is 0 Å². The Morgan fingerprint density at radius 2 is 1.48 bits per heavy atom. The van der Waals surface area contributed by atoms with E-state index in [9.17, 15) is 9.59 Å². The number of fused-ring (bicyclic) bond motifs is 2. The monoisotopic (exact) mass is 364 g/mol. The third-order valence-electron chi connectivity index (χ3n) is 5.45. The normalized spacial score (nSPS) is 14.2. The Labute approximate surface area is 161 Å². The minimum absolute atomic E-state index is 0.0595. The van der Waals surface area contributed by atoms with Crippen LogP contribution in [-0.2, 0) is 0 Å². The summed E-state index contributed by atoms with van der Waals surface area (Å²) in [7, 11) is 0. The summed E-state index contributed by atoms with van der Waals surface area (Å²) in [4.78, 5) is 28.0. The molecule has 0 saturated heterocycles. The topological polar surface area (TPSA) is 49.4 Å². The van der Waals surface area contributed by atoms with Crippen LogP contribution in [0.15, 0.2) is 42.5 Å². The van der Waals surface area contributed by atoms with Gasteiger partial charge in [0.05, 0.1) is 0 Å².